The number of hydrogen-bond acceptors (Lipinski definition) is 5. The maximum absolute atomic E-state index is 12.6. The number of hydrogen-bond donors (Lipinski definition) is 1. The Bertz CT molecular complexity index is 1340. The quantitative estimate of drug-likeness (QED) is 0.147. The standard InChI is InChI=1S/C27H21BrN2O4/c1-18(33-22-14-12-21(28)13-15-22)26(31)30-29-17-24-23-10-6-5-7-19(23)11-16-25(24)34-27(32)20-8-3-2-4-9-20/h2-18H,1H3,(H,30,31). The van der Waals surface area contributed by atoms with Crippen LogP contribution >= 0.6 is 15.9 Å². The summed E-state index contributed by atoms with van der Waals surface area (Å²) in [5.74, 6) is 0.0111. The summed E-state index contributed by atoms with van der Waals surface area (Å²) in [6.45, 7) is 1.64. The lowest BCUT2D eigenvalue weighted by Gasteiger charge is -2.13. The molecular formula is C27H21BrN2O4. The van der Waals surface area contributed by atoms with Crippen molar-refractivity contribution in [2.75, 3.05) is 0 Å². The fourth-order valence-electron chi connectivity index (χ4n) is 3.25. The highest BCUT2D eigenvalue weighted by atomic mass is 79.9. The molecule has 4 aromatic carbocycles. The molecule has 0 fully saturated rings. The normalized spacial score (nSPS) is 11.8. The molecule has 6 nitrogen and oxygen atoms in total. The molecule has 4 rings (SSSR count). The fraction of sp³-hybridized carbons (Fsp3) is 0.0741. The van der Waals surface area contributed by atoms with Crippen LogP contribution in [-0.4, -0.2) is 24.2 Å². The second kappa shape index (κ2) is 10.8. The molecule has 0 aliphatic heterocycles. The molecule has 0 heterocycles. The first-order valence-electron chi connectivity index (χ1n) is 10.6. The Hall–Kier alpha value is -3.97. The van der Waals surface area contributed by atoms with Crippen molar-refractivity contribution in [1.29, 1.82) is 0 Å². The first kappa shape index (κ1) is 23.2. The van der Waals surface area contributed by atoms with Crippen molar-refractivity contribution >= 4 is 44.8 Å². The van der Waals surface area contributed by atoms with Crippen LogP contribution in [0.3, 0.4) is 0 Å². The van der Waals surface area contributed by atoms with Crippen molar-refractivity contribution in [3.8, 4) is 11.5 Å². The Kier molecular flexibility index (Phi) is 7.34. The molecule has 0 saturated heterocycles. The molecule has 0 aliphatic carbocycles. The molecule has 1 atom stereocenters. The molecule has 1 unspecified atom stereocenters. The Morgan fingerprint density at radius 2 is 1.62 bits per heavy atom. The molecule has 0 saturated carbocycles. The van der Waals surface area contributed by atoms with Gasteiger partial charge in [-0.15, -0.1) is 0 Å². The molecule has 34 heavy (non-hydrogen) atoms. The average molecular weight is 517 g/mol. The first-order chi connectivity index (χ1) is 16.5. The fourth-order valence-corrected chi connectivity index (χ4v) is 3.52. The van der Waals surface area contributed by atoms with E-state index in [2.05, 4.69) is 26.5 Å². The maximum atomic E-state index is 12.6. The van der Waals surface area contributed by atoms with Gasteiger partial charge in [-0.2, -0.15) is 5.10 Å². The minimum atomic E-state index is -0.763. The van der Waals surface area contributed by atoms with Gasteiger partial charge in [0, 0.05) is 10.0 Å². The first-order valence-corrected chi connectivity index (χ1v) is 11.3. The Morgan fingerprint density at radius 3 is 2.38 bits per heavy atom. The van der Waals surface area contributed by atoms with Crippen LogP contribution in [0.2, 0.25) is 0 Å². The number of fused-ring (bicyclic) bond motifs is 1. The molecular weight excluding hydrogens is 496 g/mol. The molecule has 7 heteroatoms. The minimum absolute atomic E-state index is 0.338. The predicted octanol–water partition coefficient (Wildman–Crippen LogP) is 5.74. The summed E-state index contributed by atoms with van der Waals surface area (Å²) in [6, 6.07) is 27.2. The van der Waals surface area contributed by atoms with Crippen molar-refractivity contribution in [3.05, 3.63) is 107 Å². The van der Waals surface area contributed by atoms with Crippen LogP contribution in [0.1, 0.15) is 22.8 Å². The summed E-state index contributed by atoms with van der Waals surface area (Å²) >= 11 is 3.36. The highest BCUT2D eigenvalue weighted by Crippen LogP contribution is 2.27. The zero-order chi connectivity index (χ0) is 23.9. The summed E-state index contributed by atoms with van der Waals surface area (Å²) in [6.07, 6.45) is 0.710. The van der Waals surface area contributed by atoms with Gasteiger partial charge in [0.2, 0.25) is 0 Å². The minimum Gasteiger partial charge on any atom is -0.481 e. The van der Waals surface area contributed by atoms with Gasteiger partial charge in [0.15, 0.2) is 6.10 Å². The zero-order valence-corrected chi connectivity index (χ0v) is 19.9. The topological polar surface area (TPSA) is 77.0 Å². The largest absolute Gasteiger partial charge is 0.481 e. The van der Waals surface area contributed by atoms with E-state index < -0.39 is 18.0 Å². The van der Waals surface area contributed by atoms with Gasteiger partial charge in [-0.05, 0) is 60.2 Å². The lowest BCUT2D eigenvalue weighted by molar-refractivity contribution is -0.127. The van der Waals surface area contributed by atoms with E-state index in [1.807, 2.05) is 48.5 Å². The van der Waals surface area contributed by atoms with Gasteiger partial charge in [0.25, 0.3) is 5.91 Å². The number of nitrogens with one attached hydrogen (secondary N) is 1. The van der Waals surface area contributed by atoms with Crippen LogP contribution in [-0.2, 0) is 4.79 Å². The van der Waals surface area contributed by atoms with Crippen LogP contribution in [0.15, 0.2) is 101 Å². The van der Waals surface area contributed by atoms with Gasteiger partial charge in [-0.3, -0.25) is 4.79 Å². The van der Waals surface area contributed by atoms with E-state index in [-0.39, 0.29) is 0 Å². The van der Waals surface area contributed by atoms with Crippen molar-refractivity contribution in [2.24, 2.45) is 5.10 Å². The van der Waals surface area contributed by atoms with E-state index >= 15 is 0 Å². The number of halogens is 1. The second-order valence-electron chi connectivity index (χ2n) is 7.40. The molecule has 0 bridgehead atoms. The monoisotopic (exact) mass is 516 g/mol. The van der Waals surface area contributed by atoms with Crippen LogP contribution < -0.4 is 14.9 Å². The van der Waals surface area contributed by atoms with Gasteiger partial charge >= 0.3 is 5.97 Å². The van der Waals surface area contributed by atoms with Crippen molar-refractivity contribution < 1.29 is 19.1 Å². The van der Waals surface area contributed by atoms with E-state index in [9.17, 15) is 9.59 Å². The predicted molar refractivity (Wildman–Crippen MR) is 135 cm³/mol. The molecule has 170 valence electrons. The van der Waals surface area contributed by atoms with Crippen LogP contribution in [0.5, 0.6) is 11.5 Å². The van der Waals surface area contributed by atoms with Gasteiger partial charge in [-0.1, -0.05) is 64.5 Å². The Morgan fingerprint density at radius 1 is 0.912 bits per heavy atom. The average Bonchev–Trinajstić information content (AvgIpc) is 2.86. The lowest BCUT2D eigenvalue weighted by Crippen LogP contribution is -2.33. The van der Waals surface area contributed by atoms with Crippen molar-refractivity contribution in [1.82, 2.24) is 5.43 Å². The van der Waals surface area contributed by atoms with Crippen LogP contribution in [0, 0.1) is 0 Å². The molecule has 0 aliphatic rings. The van der Waals surface area contributed by atoms with E-state index in [4.69, 9.17) is 9.47 Å². The number of benzene rings is 4. The number of ether oxygens (including phenoxy) is 2. The molecule has 1 amide bonds. The smallest absolute Gasteiger partial charge is 0.343 e. The van der Waals surface area contributed by atoms with E-state index in [0.29, 0.717) is 22.6 Å². The molecule has 0 radical (unpaired) electrons. The van der Waals surface area contributed by atoms with E-state index in [1.165, 1.54) is 6.21 Å². The van der Waals surface area contributed by atoms with Gasteiger partial charge in [0.1, 0.15) is 11.5 Å². The number of carbonyl (C=O) groups is 2. The summed E-state index contributed by atoms with van der Waals surface area (Å²) < 4.78 is 12.2. The number of amides is 1. The summed E-state index contributed by atoms with van der Waals surface area (Å²) in [7, 11) is 0. The van der Waals surface area contributed by atoms with E-state index in [0.717, 1.165) is 15.2 Å². The molecule has 0 aromatic heterocycles. The summed E-state index contributed by atoms with van der Waals surface area (Å²) in [5, 5.41) is 5.88. The highest BCUT2D eigenvalue weighted by molar-refractivity contribution is 9.10. The third-order valence-electron chi connectivity index (χ3n) is 5.01. The number of rotatable bonds is 7. The third-order valence-corrected chi connectivity index (χ3v) is 5.54. The Labute approximate surface area is 205 Å². The third kappa shape index (κ3) is 5.68. The molecule has 1 N–H and O–H groups in total. The SMILES string of the molecule is CC(Oc1ccc(Br)cc1)C(=O)NN=Cc1c(OC(=O)c2ccccc2)ccc2ccccc12. The van der Waals surface area contributed by atoms with Crippen molar-refractivity contribution in [3.63, 3.8) is 0 Å². The van der Waals surface area contributed by atoms with Gasteiger partial charge < -0.3 is 9.47 Å². The number of carbonyl (C=O) groups excluding carboxylic acids is 2. The molecule has 0 spiro atoms. The zero-order valence-electron chi connectivity index (χ0n) is 18.3. The van der Waals surface area contributed by atoms with Crippen LogP contribution in [0.25, 0.3) is 10.8 Å². The summed E-state index contributed by atoms with van der Waals surface area (Å²) in [5.41, 5.74) is 3.50. The van der Waals surface area contributed by atoms with Gasteiger partial charge in [-0.25, -0.2) is 10.2 Å². The van der Waals surface area contributed by atoms with Gasteiger partial charge in [0.05, 0.1) is 11.8 Å². The van der Waals surface area contributed by atoms with Crippen LogP contribution in [0.4, 0.5) is 0 Å². The number of nitrogens with zero attached hydrogens (tertiary/aromatic N) is 1. The van der Waals surface area contributed by atoms with Crippen molar-refractivity contribution in [2.45, 2.75) is 13.0 Å². The lowest BCUT2D eigenvalue weighted by atomic mass is 10.0. The highest BCUT2D eigenvalue weighted by Gasteiger charge is 2.15. The van der Waals surface area contributed by atoms with E-state index in [1.54, 1.807) is 49.4 Å². The number of esters is 1. The second-order valence-corrected chi connectivity index (χ2v) is 8.32. The molecule has 4 aromatic rings. The Balaban J connectivity index is 1.52. The summed E-state index contributed by atoms with van der Waals surface area (Å²) in [4.78, 5) is 25.1. The maximum Gasteiger partial charge on any atom is 0.343 e. The number of hydrazone groups is 1.